The number of aryl methyl sites for hydroxylation is 3. The first kappa shape index (κ1) is 11.6. The van der Waals surface area contributed by atoms with Crippen molar-refractivity contribution >= 4 is 12.1 Å². The molecule has 0 atom stereocenters. The summed E-state index contributed by atoms with van der Waals surface area (Å²) in [7, 11) is 0. The van der Waals surface area contributed by atoms with Gasteiger partial charge in [0.1, 0.15) is 0 Å². The molecule has 80 valence electrons. The maximum atomic E-state index is 11.5. The van der Waals surface area contributed by atoms with Crippen molar-refractivity contribution in [2.45, 2.75) is 33.6 Å². The van der Waals surface area contributed by atoms with Crippen LogP contribution in [0.2, 0.25) is 0 Å². The quantitative estimate of drug-likeness (QED) is 0.429. The Morgan fingerprint density at radius 1 is 1.20 bits per heavy atom. The summed E-state index contributed by atoms with van der Waals surface area (Å²) in [6, 6.07) is 3.96. The fourth-order valence-electron chi connectivity index (χ4n) is 1.87. The van der Waals surface area contributed by atoms with Gasteiger partial charge in [0.15, 0.2) is 6.29 Å². The molecule has 0 saturated carbocycles. The molecule has 0 aromatic heterocycles. The summed E-state index contributed by atoms with van der Waals surface area (Å²) < 4.78 is 0. The first-order chi connectivity index (χ1) is 7.13. The van der Waals surface area contributed by atoms with Crippen LogP contribution in [0.3, 0.4) is 0 Å². The smallest absolute Gasteiger partial charge is 0.225 e. The van der Waals surface area contributed by atoms with Crippen LogP contribution in [0.15, 0.2) is 12.1 Å². The van der Waals surface area contributed by atoms with Crippen molar-refractivity contribution in [2.24, 2.45) is 0 Å². The molecule has 1 aromatic rings. The molecule has 0 spiro atoms. The molecule has 0 aliphatic rings. The van der Waals surface area contributed by atoms with Gasteiger partial charge in [-0.15, -0.1) is 0 Å². The number of rotatable bonds is 4. The van der Waals surface area contributed by atoms with E-state index in [1.165, 1.54) is 0 Å². The summed E-state index contributed by atoms with van der Waals surface area (Å²) in [5, 5.41) is 0. The molecule has 0 aliphatic carbocycles. The van der Waals surface area contributed by atoms with Crippen molar-refractivity contribution in [3.63, 3.8) is 0 Å². The summed E-state index contributed by atoms with van der Waals surface area (Å²) >= 11 is 0. The molecule has 0 bridgehead atoms. The third kappa shape index (κ3) is 2.32. The lowest BCUT2D eigenvalue weighted by Crippen LogP contribution is -2.09. The summed E-state index contributed by atoms with van der Waals surface area (Å²) in [5.41, 5.74) is 3.71. The van der Waals surface area contributed by atoms with Gasteiger partial charge in [-0.1, -0.05) is 31.5 Å². The topological polar surface area (TPSA) is 34.1 Å². The molecule has 0 heterocycles. The summed E-state index contributed by atoms with van der Waals surface area (Å²) in [6.45, 7) is 6.00. The van der Waals surface area contributed by atoms with Crippen molar-refractivity contribution in [2.75, 3.05) is 0 Å². The lowest BCUT2D eigenvalue weighted by atomic mass is 9.92. The Kier molecular flexibility index (Phi) is 3.78. The van der Waals surface area contributed by atoms with E-state index in [1.807, 2.05) is 32.9 Å². The SMILES string of the molecule is CCc1cc(C)cc(CC)c1C(=O)C=O. The maximum Gasteiger partial charge on any atom is 0.225 e. The van der Waals surface area contributed by atoms with Gasteiger partial charge in [-0.3, -0.25) is 9.59 Å². The number of hydrogen-bond acceptors (Lipinski definition) is 2. The van der Waals surface area contributed by atoms with Crippen LogP contribution in [0.1, 0.15) is 40.9 Å². The van der Waals surface area contributed by atoms with E-state index in [9.17, 15) is 9.59 Å². The van der Waals surface area contributed by atoms with Crippen LogP contribution in [0, 0.1) is 6.92 Å². The van der Waals surface area contributed by atoms with Crippen LogP contribution in [0.4, 0.5) is 0 Å². The molecule has 0 fully saturated rings. The third-order valence-electron chi connectivity index (χ3n) is 2.56. The Bertz CT molecular complexity index is 367. The van der Waals surface area contributed by atoms with Crippen LogP contribution in [0.5, 0.6) is 0 Å². The molecule has 2 nitrogen and oxygen atoms in total. The predicted octanol–water partition coefficient (Wildman–Crippen LogP) is 2.50. The minimum absolute atomic E-state index is 0.399. The predicted molar refractivity (Wildman–Crippen MR) is 60.3 cm³/mol. The van der Waals surface area contributed by atoms with Gasteiger partial charge < -0.3 is 0 Å². The van der Waals surface area contributed by atoms with Gasteiger partial charge in [-0.2, -0.15) is 0 Å². The molecule has 0 amide bonds. The zero-order chi connectivity index (χ0) is 11.4. The highest BCUT2D eigenvalue weighted by Gasteiger charge is 2.14. The largest absolute Gasteiger partial charge is 0.294 e. The molecule has 15 heavy (non-hydrogen) atoms. The van der Waals surface area contributed by atoms with Gasteiger partial charge >= 0.3 is 0 Å². The fourth-order valence-corrected chi connectivity index (χ4v) is 1.87. The van der Waals surface area contributed by atoms with E-state index in [1.54, 1.807) is 0 Å². The van der Waals surface area contributed by atoms with Gasteiger partial charge in [0.05, 0.1) is 0 Å². The van der Waals surface area contributed by atoms with Crippen molar-refractivity contribution in [1.29, 1.82) is 0 Å². The monoisotopic (exact) mass is 204 g/mol. The fraction of sp³-hybridized carbons (Fsp3) is 0.385. The first-order valence-electron chi connectivity index (χ1n) is 5.25. The highest BCUT2D eigenvalue weighted by molar-refractivity contribution is 6.34. The highest BCUT2D eigenvalue weighted by Crippen LogP contribution is 2.19. The molecule has 2 heteroatoms. The Balaban J connectivity index is 3.43. The third-order valence-corrected chi connectivity index (χ3v) is 2.56. The van der Waals surface area contributed by atoms with Crippen molar-refractivity contribution < 1.29 is 9.59 Å². The number of aldehydes is 1. The normalized spacial score (nSPS) is 10.1. The number of ketones is 1. The van der Waals surface area contributed by atoms with E-state index in [-0.39, 0.29) is 0 Å². The second kappa shape index (κ2) is 4.87. The summed E-state index contributed by atoms with van der Waals surface area (Å²) in [6.07, 6.45) is 1.97. The Hall–Kier alpha value is -1.44. The minimum Gasteiger partial charge on any atom is -0.294 e. The average molecular weight is 204 g/mol. The lowest BCUT2D eigenvalue weighted by molar-refractivity contribution is -0.104. The van der Waals surface area contributed by atoms with E-state index in [0.717, 1.165) is 29.5 Å². The number of benzene rings is 1. The van der Waals surface area contributed by atoms with Crippen molar-refractivity contribution in [1.82, 2.24) is 0 Å². The number of hydrogen-bond donors (Lipinski definition) is 0. The van der Waals surface area contributed by atoms with Crippen LogP contribution >= 0.6 is 0 Å². The van der Waals surface area contributed by atoms with Crippen LogP contribution in [0.25, 0.3) is 0 Å². The summed E-state index contributed by atoms with van der Waals surface area (Å²) in [5.74, 6) is -0.399. The molecule has 1 aromatic carbocycles. The molecule has 0 N–H and O–H groups in total. The Labute approximate surface area is 90.3 Å². The van der Waals surface area contributed by atoms with E-state index >= 15 is 0 Å². The maximum absolute atomic E-state index is 11.5. The second-order valence-corrected chi connectivity index (χ2v) is 3.65. The van der Waals surface area contributed by atoms with Crippen LogP contribution < -0.4 is 0 Å². The van der Waals surface area contributed by atoms with Crippen LogP contribution in [-0.4, -0.2) is 12.1 Å². The second-order valence-electron chi connectivity index (χ2n) is 3.65. The van der Waals surface area contributed by atoms with Gasteiger partial charge in [0, 0.05) is 5.56 Å². The average Bonchev–Trinajstić information content (AvgIpc) is 2.26. The molecule has 0 saturated heterocycles. The van der Waals surface area contributed by atoms with Gasteiger partial charge in [-0.05, 0) is 30.9 Å². The van der Waals surface area contributed by atoms with Crippen molar-refractivity contribution in [3.8, 4) is 0 Å². The standard InChI is InChI=1S/C13H16O2/c1-4-10-6-9(3)7-11(5-2)13(10)12(15)8-14/h6-8H,4-5H2,1-3H3. The van der Waals surface area contributed by atoms with Crippen molar-refractivity contribution in [3.05, 3.63) is 34.4 Å². The number of carbonyl (C=O) groups excluding carboxylic acids is 2. The van der Waals surface area contributed by atoms with E-state index in [4.69, 9.17) is 0 Å². The van der Waals surface area contributed by atoms with Gasteiger partial charge in [-0.25, -0.2) is 0 Å². The Morgan fingerprint density at radius 2 is 1.67 bits per heavy atom. The van der Waals surface area contributed by atoms with Crippen LogP contribution in [-0.2, 0) is 17.6 Å². The zero-order valence-corrected chi connectivity index (χ0v) is 9.46. The first-order valence-corrected chi connectivity index (χ1v) is 5.25. The molecule has 0 unspecified atom stereocenters. The van der Waals surface area contributed by atoms with E-state index in [0.29, 0.717) is 11.8 Å². The van der Waals surface area contributed by atoms with Gasteiger partial charge in [0.2, 0.25) is 5.78 Å². The molecule has 0 radical (unpaired) electrons. The highest BCUT2D eigenvalue weighted by atomic mass is 16.2. The molecular formula is C13H16O2. The molecular weight excluding hydrogens is 188 g/mol. The zero-order valence-electron chi connectivity index (χ0n) is 9.46. The number of Topliss-reactive ketones (excluding diaryl/α,β-unsaturated/α-hetero) is 1. The Morgan fingerprint density at radius 3 is 2.00 bits per heavy atom. The van der Waals surface area contributed by atoms with Gasteiger partial charge in [0.25, 0.3) is 0 Å². The van der Waals surface area contributed by atoms with E-state index in [2.05, 4.69) is 0 Å². The van der Waals surface area contributed by atoms with E-state index < -0.39 is 5.78 Å². The molecule has 0 aliphatic heterocycles. The molecule has 1 rings (SSSR count). The minimum atomic E-state index is -0.399. The summed E-state index contributed by atoms with van der Waals surface area (Å²) in [4.78, 5) is 22.1. The lowest BCUT2D eigenvalue weighted by Gasteiger charge is -2.11. The number of carbonyl (C=O) groups is 2.